The molecule has 2 aromatic heterocycles. The lowest BCUT2D eigenvalue weighted by molar-refractivity contribution is -0.144. The Morgan fingerprint density at radius 3 is 2.70 bits per heavy atom. The van der Waals surface area contributed by atoms with Crippen LogP contribution < -0.4 is 5.73 Å². The highest BCUT2D eigenvalue weighted by molar-refractivity contribution is 5.78. The molecular weight excluding hydrogens is 350 g/mol. The molecule has 11 nitrogen and oxygen atoms in total. The van der Waals surface area contributed by atoms with Gasteiger partial charge in [0.15, 0.2) is 0 Å². The van der Waals surface area contributed by atoms with Crippen LogP contribution in [0.3, 0.4) is 0 Å². The minimum Gasteiger partial charge on any atom is -0.367 e. The van der Waals surface area contributed by atoms with Gasteiger partial charge in [-0.3, -0.25) is 9.59 Å². The number of rotatable bonds is 3. The molecule has 0 saturated carbocycles. The Hall–Kier alpha value is -2.98. The van der Waals surface area contributed by atoms with Crippen molar-refractivity contribution in [2.45, 2.75) is 44.7 Å². The second kappa shape index (κ2) is 6.63. The van der Waals surface area contributed by atoms with E-state index in [0.29, 0.717) is 38.9 Å². The van der Waals surface area contributed by atoms with Gasteiger partial charge in [-0.1, -0.05) is 12.0 Å². The van der Waals surface area contributed by atoms with Crippen molar-refractivity contribution in [2.75, 3.05) is 25.4 Å². The van der Waals surface area contributed by atoms with Gasteiger partial charge in [-0.15, -0.1) is 0 Å². The minimum absolute atomic E-state index is 0.0110. The number of fused-ring (bicyclic) bond motifs is 2. The molecule has 4 heterocycles. The van der Waals surface area contributed by atoms with Crippen LogP contribution in [0.2, 0.25) is 0 Å². The van der Waals surface area contributed by atoms with E-state index in [0.717, 1.165) is 17.8 Å². The Morgan fingerprint density at radius 1 is 1.26 bits per heavy atom. The number of piperidine rings is 1. The molecule has 27 heavy (non-hydrogen) atoms. The average Bonchev–Trinajstić information content (AvgIpc) is 3.32. The number of hydrogen-bond acceptors (Lipinski definition) is 7. The summed E-state index contributed by atoms with van der Waals surface area (Å²) in [6.07, 6.45) is 4.26. The van der Waals surface area contributed by atoms with E-state index >= 15 is 0 Å². The van der Waals surface area contributed by atoms with Crippen molar-refractivity contribution < 1.29 is 9.59 Å². The molecule has 3 N–H and O–H groups in total. The summed E-state index contributed by atoms with van der Waals surface area (Å²) in [5.41, 5.74) is 7.24. The number of nitrogens with zero attached hydrogens (tertiary/aromatic N) is 7. The molecule has 144 valence electrons. The first-order valence-electron chi connectivity index (χ1n) is 9.18. The van der Waals surface area contributed by atoms with Crippen molar-refractivity contribution in [3.63, 3.8) is 0 Å². The Bertz CT molecular complexity index is 850. The number of hydrogen-bond donors (Lipinski definition) is 2. The molecule has 1 spiro atoms. The maximum Gasteiger partial charge on any atom is 0.244 e. The fraction of sp³-hybridized carbons (Fsp3) is 0.625. The monoisotopic (exact) mass is 373 g/mol. The number of H-pyrrole nitrogens is 1. The summed E-state index contributed by atoms with van der Waals surface area (Å²) in [5.74, 6) is 0.158. The highest BCUT2D eigenvalue weighted by Crippen LogP contribution is 2.42. The van der Waals surface area contributed by atoms with Crippen molar-refractivity contribution in [2.24, 2.45) is 0 Å². The summed E-state index contributed by atoms with van der Waals surface area (Å²) in [6.45, 7) is 3.65. The zero-order chi connectivity index (χ0) is 19.0. The van der Waals surface area contributed by atoms with E-state index < -0.39 is 5.54 Å². The number of carbonyl (C=O) groups excluding carboxylic acids is 2. The molecule has 4 rings (SSSR count). The molecule has 0 atom stereocenters. The van der Waals surface area contributed by atoms with Crippen LogP contribution in [-0.4, -0.2) is 71.4 Å². The summed E-state index contributed by atoms with van der Waals surface area (Å²) < 4.78 is 1.28. The second-order valence-electron chi connectivity index (χ2n) is 6.99. The van der Waals surface area contributed by atoms with E-state index in [2.05, 4.69) is 25.5 Å². The van der Waals surface area contributed by atoms with Crippen LogP contribution in [0.15, 0.2) is 6.33 Å². The molecule has 0 aliphatic carbocycles. The largest absolute Gasteiger partial charge is 0.367 e. The summed E-state index contributed by atoms with van der Waals surface area (Å²) in [4.78, 5) is 36.7. The Labute approximate surface area is 155 Å². The number of tetrazole rings is 1. The van der Waals surface area contributed by atoms with Gasteiger partial charge in [-0.25, -0.2) is 9.67 Å². The zero-order valence-electron chi connectivity index (χ0n) is 15.3. The van der Waals surface area contributed by atoms with Crippen LogP contribution in [0.4, 0.5) is 5.95 Å². The number of likely N-dealkylation sites (tertiary alicyclic amines) is 1. The van der Waals surface area contributed by atoms with E-state index in [1.54, 1.807) is 11.2 Å². The van der Waals surface area contributed by atoms with Gasteiger partial charge in [-0.2, -0.15) is 0 Å². The predicted octanol–water partition coefficient (Wildman–Crippen LogP) is -0.709. The van der Waals surface area contributed by atoms with Crippen LogP contribution in [0.1, 0.15) is 37.6 Å². The standard InChI is InChI=1S/C16H23N9O2/c1-2-12(26)24-6-3-11-14(19-10-18-11)16(24)4-7-23(8-5-16)13(27)9-25-15(17)20-21-22-25/h10H,2-9H2,1H3,(H,18,19)(H2,17,20,22). The van der Waals surface area contributed by atoms with Gasteiger partial charge in [0, 0.05) is 38.2 Å². The van der Waals surface area contributed by atoms with Gasteiger partial charge >= 0.3 is 0 Å². The maximum atomic E-state index is 12.6. The fourth-order valence-corrected chi connectivity index (χ4v) is 4.22. The predicted molar refractivity (Wildman–Crippen MR) is 94.0 cm³/mol. The number of aromatic amines is 1. The topological polar surface area (TPSA) is 139 Å². The lowest BCUT2D eigenvalue weighted by Gasteiger charge is -2.50. The van der Waals surface area contributed by atoms with E-state index in [9.17, 15) is 9.59 Å². The van der Waals surface area contributed by atoms with Crippen molar-refractivity contribution >= 4 is 17.8 Å². The SMILES string of the molecule is CCC(=O)N1CCc2[nH]cnc2C12CCN(C(=O)Cn1nnnc1N)CC2. The number of carbonyl (C=O) groups is 2. The maximum absolute atomic E-state index is 12.6. The third-order valence-electron chi connectivity index (χ3n) is 5.65. The van der Waals surface area contributed by atoms with E-state index in [4.69, 9.17) is 5.73 Å². The molecule has 2 amide bonds. The lowest BCUT2D eigenvalue weighted by Crippen LogP contribution is -2.59. The summed E-state index contributed by atoms with van der Waals surface area (Å²) in [7, 11) is 0. The van der Waals surface area contributed by atoms with E-state index in [-0.39, 0.29) is 24.3 Å². The van der Waals surface area contributed by atoms with Crippen molar-refractivity contribution in [3.05, 3.63) is 17.7 Å². The molecule has 1 saturated heterocycles. The molecule has 0 aromatic carbocycles. The van der Waals surface area contributed by atoms with Gasteiger partial charge < -0.3 is 20.5 Å². The first-order valence-corrected chi connectivity index (χ1v) is 9.18. The van der Waals surface area contributed by atoms with Crippen LogP contribution in [0.5, 0.6) is 0 Å². The third-order valence-corrected chi connectivity index (χ3v) is 5.65. The zero-order valence-corrected chi connectivity index (χ0v) is 15.3. The summed E-state index contributed by atoms with van der Waals surface area (Å²) in [6, 6.07) is 0. The average molecular weight is 373 g/mol. The number of amides is 2. The van der Waals surface area contributed by atoms with Crippen molar-refractivity contribution in [1.82, 2.24) is 40.0 Å². The number of nitrogen functional groups attached to an aromatic ring is 1. The van der Waals surface area contributed by atoms with Gasteiger partial charge in [0.2, 0.25) is 17.8 Å². The van der Waals surface area contributed by atoms with E-state index in [1.807, 2.05) is 11.8 Å². The molecule has 11 heteroatoms. The molecule has 1 fully saturated rings. The number of nitrogens with one attached hydrogen (secondary N) is 1. The van der Waals surface area contributed by atoms with Crippen LogP contribution in [0.25, 0.3) is 0 Å². The van der Waals surface area contributed by atoms with Crippen molar-refractivity contribution in [1.29, 1.82) is 0 Å². The molecular formula is C16H23N9O2. The number of aromatic nitrogens is 6. The first kappa shape index (κ1) is 17.4. The fourth-order valence-electron chi connectivity index (χ4n) is 4.22. The number of imidazole rings is 1. The summed E-state index contributed by atoms with van der Waals surface area (Å²) in [5, 5.41) is 10.8. The number of anilines is 1. The van der Waals surface area contributed by atoms with Crippen LogP contribution >= 0.6 is 0 Å². The van der Waals surface area contributed by atoms with Crippen LogP contribution in [-0.2, 0) is 28.1 Å². The smallest absolute Gasteiger partial charge is 0.244 e. The van der Waals surface area contributed by atoms with Gasteiger partial charge in [0.25, 0.3) is 0 Å². The second-order valence-corrected chi connectivity index (χ2v) is 6.99. The number of nitrogens with two attached hydrogens (primary N) is 1. The molecule has 0 radical (unpaired) electrons. The Kier molecular flexibility index (Phi) is 4.28. The highest BCUT2D eigenvalue weighted by atomic mass is 16.2. The minimum atomic E-state index is -0.439. The molecule has 2 aromatic rings. The quantitative estimate of drug-likeness (QED) is 0.724. The van der Waals surface area contributed by atoms with Crippen LogP contribution in [0, 0.1) is 0 Å². The Morgan fingerprint density at radius 2 is 2.04 bits per heavy atom. The molecule has 0 unspecified atom stereocenters. The van der Waals surface area contributed by atoms with E-state index in [1.165, 1.54) is 4.68 Å². The normalized spacial score (nSPS) is 18.6. The lowest BCUT2D eigenvalue weighted by atomic mass is 9.78. The van der Waals surface area contributed by atoms with Gasteiger partial charge in [0.1, 0.15) is 6.54 Å². The summed E-state index contributed by atoms with van der Waals surface area (Å²) >= 11 is 0. The first-order chi connectivity index (χ1) is 13.0. The molecule has 0 bridgehead atoms. The molecule has 2 aliphatic rings. The van der Waals surface area contributed by atoms with Crippen molar-refractivity contribution in [3.8, 4) is 0 Å². The van der Waals surface area contributed by atoms with Gasteiger partial charge in [-0.05, 0) is 23.3 Å². The third kappa shape index (κ3) is 2.82. The highest BCUT2D eigenvalue weighted by Gasteiger charge is 2.48. The Balaban J connectivity index is 1.53. The van der Waals surface area contributed by atoms with Gasteiger partial charge in [0.05, 0.1) is 17.6 Å². The molecule has 2 aliphatic heterocycles.